The van der Waals surface area contributed by atoms with Crippen molar-refractivity contribution in [2.75, 3.05) is 40.5 Å². The summed E-state index contributed by atoms with van der Waals surface area (Å²) >= 11 is 0. The van der Waals surface area contributed by atoms with E-state index in [1.165, 1.54) is 11.1 Å². The first-order chi connectivity index (χ1) is 14.6. The first-order valence-corrected chi connectivity index (χ1v) is 10.5. The fourth-order valence-corrected chi connectivity index (χ4v) is 3.88. The van der Waals surface area contributed by atoms with Gasteiger partial charge >= 0.3 is 0 Å². The lowest BCUT2D eigenvalue weighted by Gasteiger charge is -2.27. The average Bonchev–Trinajstić information content (AvgIpc) is 3.42. The Hall–Kier alpha value is -1.62. The van der Waals surface area contributed by atoms with Gasteiger partial charge in [0.05, 0.1) is 19.4 Å². The molecule has 0 aliphatic carbocycles. The molecule has 172 valence electrons. The van der Waals surface area contributed by atoms with E-state index in [9.17, 15) is 5.11 Å². The summed E-state index contributed by atoms with van der Waals surface area (Å²) in [5.74, 6) is 1.73. The van der Waals surface area contributed by atoms with Crippen molar-refractivity contribution >= 4 is 29.9 Å². The van der Waals surface area contributed by atoms with Crippen LogP contribution in [0.25, 0.3) is 0 Å². The van der Waals surface area contributed by atoms with Crippen LogP contribution in [-0.4, -0.2) is 56.4 Å². The molecule has 0 spiro atoms. The number of aliphatic hydroxyl groups excluding tert-OH is 1. The molecular formula is C23H35IN4O3. The lowest BCUT2D eigenvalue weighted by Crippen LogP contribution is -2.44. The standard InChI is InChI=1S/C23H34N4O3.HI/c1-24-22(26-17-23(9-11-28)10-13-29-18-23)25-14-19-6-3-4-7-20(19)15-27(2)16-21-8-5-12-30-21;/h3-8,12,28H,9-11,13-18H2,1-2H3,(H2,24,25,26);1H. The van der Waals surface area contributed by atoms with Gasteiger partial charge in [-0.1, -0.05) is 24.3 Å². The van der Waals surface area contributed by atoms with Gasteiger partial charge in [-0.3, -0.25) is 9.89 Å². The topological polar surface area (TPSA) is 82.3 Å². The molecule has 3 rings (SSSR count). The van der Waals surface area contributed by atoms with Crippen LogP contribution in [0.15, 0.2) is 52.1 Å². The number of aliphatic imine (C=N–C) groups is 1. The lowest BCUT2D eigenvalue weighted by atomic mass is 9.84. The second-order valence-corrected chi connectivity index (χ2v) is 8.08. The molecule has 1 atom stereocenters. The third kappa shape index (κ3) is 7.78. The van der Waals surface area contributed by atoms with Crippen molar-refractivity contribution in [3.8, 4) is 0 Å². The molecule has 3 N–H and O–H groups in total. The minimum absolute atomic E-state index is 0. The van der Waals surface area contributed by atoms with Crippen LogP contribution in [0.5, 0.6) is 0 Å². The third-order valence-electron chi connectivity index (χ3n) is 5.69. The van der Waals surface area contributed by atoms with Crippen molar-refractivity contribution in [3.05, 3.63) is 59.5 Å². The van der Waals surface area contributed by atoms with Crippen molar-refractivity contribution in [2.45, 2.75) is 32.5 Å². The number of hydrogen-bond donors (Lipinski definition) is 3. The van der Waals surface area contributed by atoms with Gasteiger partial charge in [0.2, 0.25) is 0 Å². The summed E-state index contributed by atoms with van der Waals surface area (Å²) < 4.78 is 11.0. The van der Waals surface area contributed by atoms with Gasteiger partial charge in [-0.15, -0.1) is 24.0 Å². The molecule has 31 heavy (non-hydrogen) atoms. The van der Waals surface area contributed by atoms with E-state index in [-0.39, 0.29) is 36.0 Å². The van der Waals surface area contributed by atoms with E-state index < -0.39 is 0 Å². The summed E-state index contributed by atoms with van der Waals surface area (Å²) in [4.78, 5) is 6.60. The van der Waals surface area contributed by atoms with Gasteiger partial charge in [0.15, 0.2) is 5.96 Å². The zero-order chi connectivity index (χ0) is 21.2. The Labute approximate surface area is 202 Å². The van der Waals surface area contributed by atoms with Crippen LogP contribution < -0.4 is 10.6 Å². The largest absolute Gasteiger partial charge is 0.468 e. The molecule has 8 heteroatoms. The smallest absolute Gasteiger partial charge is 0.191 e. The van der Waals surface area contributed by atoms with E-state index in [2.05, 4.69) is 51.8 Å². The van der Waals surface area contributed by atoms with Crippen LogP contribution in [0, 0.1) is 5.41 Å². The maximum atomic E-state index is 9.41. The number of halogens is 1. The Morgan fingerprint density at radius 3 is 2.61 bits per heavy atom. The van der Waals surface area contributed by atoms with Crippen molar-refractivity contribution in [2.24, 2.45) is 10.4 Å². The van der Waals surface area contributed by atoms with Crippen molar-refractivity contribution in [3.63, 3.8) is 0 Å². The van der Waals surface area contributed by atoms with Crippen LogP contribution in [0.2, 0.25) is 0 Å². The lowest BCUT2D eigenvalue weighted by molar-refractivity contribution is 0.127. The highest BCUT2D eigenvalue weighted by Crippen LogP contribution is 2.31. The summed E-state index contributed by atoms with van der Waals surface area (Å²) in [5.41, 5.74) is 2.50. The molecule has 1 aromatic heterocycles. The van der Waals surface area contributed by atoms with E-state index >= 15 is 0 Å². The Morgan fingerprint density at radius 1 is 1.16 bits per heavy atom. The molecule has 0 saturated carbocycles. The van der Waals surface area contributed by atoms with Crippen LogP contribution in [-0.2, 0) is 24.4 Å². The molecule has 1 aliphatic rings. The molecule has 1 aromatic carbocycles. The number of furan rings is 1. The van der Waals surface area contributed by atoms with Gasteiger partial charge in [0.1, 0.15) is 5.76 Å². The van der Waals surface area contributed by atoms with E-state index in [1.807, 2.05) is 12.1 Å². The number of hydrogen-bond acceptors (Lipinski definition) is 5. The number of ether oxygens (including phenoxy) is 1. The molecule has 2 aromatic rings. The molecule has 0 bridgehead atoms. The van der Waals surface area contributed by atoms with Crippen molar-refractivity contribution < 1.29 is 14.3 Å². The second kappa shape index (κ2) is 13.0. The Kier molecular flexibility index (Phi) is 10.8. The third-order valence-corrected chi connectivity index (χ3v) is 5.69. The van der Waals surface area contributed by atoms with Crippen molar-refractivity contribution in [1.82, 2.24) is 15.5 Å². The fourth-order valence-electron chi connectivity index (χ4n) is 3.88. The summed E-state index contributed by atoms with van der Waals surface area (Å²) in [6, 6.07) is 12.4. The van der Waals surface area contributed by atoms with E-state index in [1.54, 1.807) is 13.3 Å². The molecule has 1 aliphatic heterocycles. The number of aliphatic hydroxyl groups is 1. The summed E-state index contributed by atoms with van der Waals surface area (Å²) in [7, 11) is 3.87. The monoisotopic (exact) mass is 542 g/mol. The van der Waals surface area contributed by atoms with E-state index in [0.29, 0.717) is 13.2 Å². The quantitative estimate of drug-likeness (QED) is 0.244. The Bertz CT molecular complexity index is 792. The predicted molar refractivity (Wildman–Crippen MR) is 134 cm³/mol. The number of nitrogens with one attached hydrogen (secondary N) is 2. The van der Waals surface area contributed by atoms with Gasteiger partial charge in [-0.2, -0.15) is 0 Å². The molecule has 0 amide bonds. The first-order valence-electron chi connectivity index (χ1n) is 10.5. The number of guanidine groups is 1. The molecule has 1 fully saturated rings. The van der Waals surface area contributed by atoms with Gasteiger partial charge in [0, 0.05) is 45.3 Å². The maximum absolute atomic E-state index is 9.41. The Balaban J connectivity index is 0.00000341. The summed E-state index contributed by atoms with van der Waals surface area (Å²) in [5, 5.41) is 16.3. The zero-order valence-electron chi connectivity index (χ0n) is 18.5. The Morgan fingerprint density at radius 2 is 1.97 bits per heavy atom. The molecule has 1 saturated heterocycles. The van der Waals surface area contributed by atoms with Gasteiger partial charge in [-0.05, 0) is 43.1 Å². The first kappa shape index (κ1) is 25.6. The highest BCUT2D eigenvalue weighted by atomic mass is 127. The van der Waals surface area contributed by atoms with Crippen molar-refractivity contribution in [1.29, 1.82) is 0 Å². The minimum Gasteiger partial charge on any atom is -0.468 e. The molecule has 7 nitrogen and oxygen atoms in total. The van der Waals surface area contributed by atoms with Crippen LogP contribution in [0.4, 0.5) is 0 Å². The van der Waals surface area contributed by atoms with Crippen LogP contribution in [0.1, 0.15) is 29.7 Å². The maximum Gasteiger partial charge on any atom is 0.191 e. The van der Waals surface area contributed by atoms with Crippen LogP contribution in [0.3, 0.4) is 0 Å². The van der Waals surface area contributed by atoms with Crippen LogP contribution >= 0.6 is 24.0 Å². The zero-order valence-corrected chi connectivity index (χ0v) is 20.8. The van der Waals surface area contributed by atoms with E-state index in [4.69, 9.17) is 9.15 Å². The fraction of sp³-hybridized carbons (Fsp3) is 0.522. The number of nitrogens with zero attached hydrogens (tertiary/aromatic N) is 2. The molecule has 0 radical (unpaired) electrons. The summed E-state index contributed by atoms with van der Waals surface area (Å²) in [6.07, 6.45) is 3.41. The number of benzene rings is 1. The average molecular weight is 542 g/mol. The second-order valence-electron chi connectivity index (χ2n) is 8.08. The summed E-state index contributed by atoms with van der Waals surface area (Å²) in [6.45, 7) is 4.65. The van der Waals surface area contributed by atoms with Gasteiger partial charge in [0.25, 0.3) is 0 Å². The predicted octanol–water partition coefficient (Wildman–Crippen LogP) is 2.98. The SMILES string of the molecule is CN=C(NCc1ccccc1CN(C)Cc1ccco1)NCC1(CCO)CCOC1.I. The minimum atomic E-state index is -0.0150. The number of rotatable bonds is 10. The molecule has 2 heterocycles. The highest BCUT2D eigenvalue weighted by Gasteiger charge is 2.34. The van der Waals surface area contributed by atoms with Gasteiger partial charge in [-0.25, -0.2) is 0 Å². The highest BCUT2D eigenvalue weighted by molar-refractivity contribution is 14.0. The van der Waals surface area contributed by atoms with E-state index in [0.717, 1.165) is 50.8 Å². The molecular weight excluding hydrogens is 507 g/mol. The molecule has 1 unspecified atom stereocenters. The normalized spacial score (nSPS) is 18.8. The van der Waals surface area contributed by atoms with Gasteiger partial charge < -0.3 is 24.9 Å².